The van der Waals surface area contributed by atoms with E-state index in [1.165, 1.54) is 32.1 Å². The number of hydrazone groups is 1. The van der Waals surface area contributed by atoms with Crippen molar-refractivity contribution in [3.05, 3.63) is 35.1 Å². The molecule has 1 heterocycles. The van der Waals surface area contributed by atoms with Crippen LogP contribution in [0.15, 0.2) is 40.2 Å². The second kappa shape index (κ2) is 18.1. The van der Waals surface area contributed by atoms with Gasteiger partial charge in [0.15, 0.2) is 11.6 Å². The third-order valence-electron chi connectivity index (χ3n) is 11.8. The lowest BCUT2D eigenvalue weighted by Gasteiger charge is -2.52. The average Bonchev–Trinajstić information content (AvgIpc) is 3.57. The summed E-state index contributed by atoms with van der Waals surface area (Å²) in [6, 6.07) is 0. The van der Waals surface area contributed by atoms with E-state index in [0.29, 0.717) is 18.4 Å². The van der Waals surface area contributed by atoms with Crippen LogP contribution in [-0.4, -0.2) is 73.5 Å². The number of methoxy groups -OCH3 is 1. The smallest absolute Gasteiger partial charge is 0.163 e. The number of hydrogen-bond donors (Lipinski definition) is 2. The number of rotatable bonds is 11. The highest BCUT2D eigenvalue weighted by Gasteiger charge is 2.75. The quantitative estimate of drug-likeness (QED) is 0.128. The third kappa shape index (κ3) is 8.46. The number of Topliss-reactive ketones (excluding diaryl/α,β-unsaturated/α-hetero) is 1. The lowest BCUT2D eigenvalue weighted by Crippen LogP contribution is -2.72. The summed E-state index contributed by atoms with van der Waals surface area (Å²) in [5.74, 6) is 0.0673. The van der Waals surface area contributed by atoms with Gasteiger partial charge in [-0.1, -0.05) is 98.8 Å². The Balaban J connectivity index is 0.000000667. The fourth-order valence-corrected chi connectivity index (χ4v) is 9.06. The number of carbonyl (C=O) groups excluding carboxylic acids is 1. The largest absolute Gasteiger partial charge is 0.400 e. The van der Waals surface area contributed by atoms with Gasteiger partial charge in [0.05, 0.1) is 17.6 Å². The van der Waals surface area contributed by atoms with Gasteiger partial charge >= 0.3 is 0 Å². The summed E-state index contributed by atoms with van der Waals surface area (Å²) in [5.41, 5.74) is 8.98. The van der Waals surface area contributed by atoms with Crippen LogP contribution in [0.5, 0.6) is 0 Å². The first-order chi connectivity index (χ1) is 23.1. The summed E-state index contributed by atoms with van der Waals surface area (Å²) in [6.07, 6.45) is 16.9. The molecule has 8 nitrogen and oxygen atoms in total. The van der Waals surface area contributed by atoms with Crippen molar-refractivity contribution in [2.45, 2.75) is 151 Å². The van der Waals surface area contributed by atoms with Crippen LogP contribution in [-0.2, 0) is 19.0 Å². The Morgan fingerprint density at radius 3 is 2.22 bits per heavy atom. The highest BCUT2D eigenvalue weighted by Crippen LogP contribution is 2.71. The number of ketones is 1. The van der Waals surface area contributed by atoms with Crippen LogP contribution in [0.25, 0.3) is 0 Å². The average molecular weight is 688 g/mol. The van der Waals surface area contributed by atoms with Crippen LogP contribution in [0.3, 0.4) is 0 Å². The van der Waals surface area contributed by atoms with Crippen molar-refractivity contribution in [1.29, 1.82) is 0 Å². The van der Waals surface area contributed by atoms with Gasteiger partial charge in [0, 0.05) is 51.9 Å². The molecule has 0 saturated heterocycles. The van der Waals surface area contributed by atoms with Crippen LogP contribution in [0, 0.1) is 34.5 Å². The van der Waals surface area contributed by atoms with Gasteiger partial charge in [0.25, 0.3) is 0 Å². The molecule has 8 atom stereocenters. The number of fused-ring (bicyclic) bond motifs is 3. The van der Waals surface area contributed by atoms with E-state index in [4.69, 9.17) is 25.1 Å². The van der Waals surface area contributed by atoms with Crippen molar-refractivity contribution < 1.29 is 24.1 Å². The molecule has 2 bridgehead atoms. The minimum atomic E-state index is -1.11. The van der Waals surface area contributed by atoms with E-state index >= 15 is 0 Å². The lowest BCUT2D eigenvalue weighted by atomic mass is 9.57. The van der Waals surface area contributed by atoms with Gasteiger partial charge in [-0.25, -0.2) is 0 Å². The fraction of sp³-hybridized carbons (Fsp3) is 0.805. The Morgan fingerprint density at radius 2 is 1.67 bits per heavy atom. The molecular weight excluding hydrogens is 614 g/mol. The first-order valence-corrected chi connectivity index (χ1v) is 19.1. The number of carbonyl (C=O) groups is 1. The number of unbranched alkanes of at least 4 members (excludes halogenated alkanes) is 4. The maximum atomic E-state index is 14.8. The molecule has 49 heavy (non-hydrogen) atoms. The molecule has 1 spiro atoms. The Kier molecular flexibility index (Phi) is 16.0. The van der Waals surface area contributed by atoms with E-state index in [1.807, 2.05) is 46.0 Å². The Labute approximate surface area is 300 Å². The molecule has 5 rings (SSSR count). The molecule has 8 heteroatoms. The molecule has 1 aliphatic heterocycles. The van der Waals surface area contributed by atoms with Crippen molar-refractivity contribution in [2.75, 3.05) is 27.9 Å². The number of nitrogens with two attached hydrogens (primary N) is 1. The third-order valence-corrected chi connectivity index (χ3v) is 11.8. The van der Waals surface area contributed by atoms with Gasteiger partial charge in [-0.05, 0) is 68.4 Å². The molecule has 2 fully saturated rings. The normalized spacial score (nSPS) is 33.8. The van der Waals surface area contributed by atoms with E-state index in [-0.39, 0.29) is 23.0 Å². The molecule has 0 amide bonds. The fourth-order valence-electron chi connectivity index (χ4n) is 9.06. The van der Waals surface area contributed by atoms with Gasteiger partial charge in [-0.15, -0.1) is 0 Å². The maximum absolute atomic E-state index is 14.8. The van der Waals surface area contributed by atoms with Crippen molar-refractivity contribution in [3.63, 3.8) is 0 Å². The summed E-state index contributed by atoms with van der Waals surface area (Å²) < 4.78 is 19.2. The predicted molar refractivity (Wildman–Crippen MR) is 203 cm³/mol. The Hall–Kier alpha value is -1.84. The number of aliphatic hydroxyl groups is 1. The van der Waals surface area contributed by atoms with E-state index in [9.17, 15) is 4.79 Å². The molecule has 2 saturated carbocycles. The van der Waals surface area contributed by atoms with Crippen LogP contribution >= 0.6 is 0 Å². The van der Waals surface area contributed by atoms with E-state index in [1.54, 1.807) is 7.11 Å². The molecule has 5 aliphatic rings. The van der Waals surface area contributed by atoms with E-state index in [2.05, 4.69) is 71.8 Å². The van der Waals surface area contributed by atoms with Crippen LogP contribution in [0.2, 0.25) is 0 Å². The first-order valence-electron chi connectivity index (χ1n) is 19.1. The summed E-state index contributed by atoms with van der Waals surface area (Å²) in [7, 11) is 4.60. The van der Waals surface area contributed by atoms with Crippen LogP contribution in [0.1, 0.15) is 128 Å². The molecule has 0 aromatic carbocycles. The zero-order chi connectivity index (χ0) is 37.4. The second-order valence-electron chi connectivity index (χ2n) is 15.5. The van der Waals surface area contributed by atoms with Gasteiger partial charge in [0.1, 0.15) is 12.2 Å². The zero-order valence-electron chi connectivity index (χ0n) is 33.7. The number of allylic oxidation sites excluding steroid dienone is 2. The molecule has 282 valence electrons. The minimum absolute atomic E-state index is 0.0559. The highest BCUT2D eigenvalue weighted by molar-refractivity contribution is 5.95. The number of hydrogen-bond acceptors (Lipinski definition) is 8. The molecule has 0 aromatic heterocycles. The summed E-state index contributed by atoms with van der Waals surface area (Å²) in [6.45, 7) is 23.8. The standard InChI is InChI=1S/C31H47N3O4.C7H16.C2H6.CH4O/c1-18-15-22-24-23(28(24,4)5)16-20(3)30(25(22)35)17-19(2)26(31(30,32)27(18)38-29(6,7)36-9)37-14-12-21-11-10-13-33-34(21)8;1-3-5-7-6-4-2;2*1-2/h11,13,15,17,20,22-24,26-27H,10,12,14,16,32H2,1-9H3;3-7H2,1-2H3;1-2H3;2H,1H3/t20-,22?,23?,24+,26?,27?,30?,31?;;;/m1.../s1. The maximum Gasteiger partial charge on any atom is 0.163 e. The lowest BCUT2D eigenvalue weighted by molar-refractivity contribution is -0.241. The molecule has 3 N–H and O–H groups in total. The van der Waals surface area contributed by atoms with Gasteiger partial charge in [-0.2, -0.15) is 5.10 Å². The Morgan fingerprint density at radius 1 is 1.06 bits per heavy atom. The van der Waals surface area contributed by atoms with Gasteiger partial charge in [0.2, 0.25) is 0 Å². The van der Waals surface area contributed by atoms with Gasteiger partial charge in [-0.3, -0.25) is 9.80 Å². The molecule has 0 radical (unpaired) electrons. The van der Waals surface area contributed by atoms with Crippen molar-refractivity contribution >= 4 is 12.0 Å². The molecule has 6 unspecified atom stereocenters. The summed E-state index contributed by atoms with van der Waals surface area (Å²) in [4.78, 5) is 14.8. The topological polar surface area (TPSA) is 107 Å². The minimum Gasteiger partial charge on any atom is -0.400 e. The van der Waals surface area contributed by atoms with Crippen molar-refractivity contribution in [2.24, 2.45) is 45.3 Å². The van der Waals surface area contributed by atoms with Crippen LogP contribution in [0.4, 0.5) is 0 Å². The summed E-state index contributed by atoms with van der Waals surface area (Å²) in [5, 5.41) is 13.3. The SMILES string of the molecule is CC.CCCCCCC.CO.COC(C)(C)OC1C(C)=CC2C(=O)C3(C=C(C)C(OCCC4=CCC=NN4C)C13N)[C@H](C)CC1[C@H]2C1(C)C. The highest BCUT2D eigenvalue weighted by atomic mass is 16.7. The van der Waals surface area contributed by atoms with E-state index < -0.39 is 28.9 Å². The monoisotopic (exact) mass is 688 g/mol. The second-order valence-corrected chi connectivity index (χ2v) is 15.5. The molecular formula is C41H73N3O5. The predicted octanol–water partition coefficient (Wildman–Crippen LogP) is 8.45. The number of aliphatic hydroxyl groups excluding tert-OH is 1. The number of nitrogens with zero attached hydrogens (tertiary/aromatic N) is 2. The van der Waals surface area contributed by atoms with Crippen LogP contribution < -0.4 is 5.73 Å². The molecule has 0 aromatic rings. The zero-order valence-corrected chi connectivity index (χ0v) is 33.7. The first kappa shape index (κ1) is 43.3. The van der Waals surface area contributed by atoms with Crippen molar-refractivity contribution in [1.82, 2.24) is 5.01 Å². The van der Waals surface area contributed by atoms with Crippen molar-refractivity contribution in [3.8, 4) is 0 Å². The number of ether oxygens (including phenoxy) is 3. The Bertz CT molecular complexity index is 1200. The molecule has 4 aliphatic carbocycles. The summed E-state index contributed by atoms with van der Waals surface area (Å²) >= 11 is 0. The van der Waals surface area contributed by atoms with E-state index in [0.717, 1.165) is 43.2 Å². The van der Waals surface area contributed by atoms with Gasteiger partial charge < -0.3 is 25.1 Å².